The van der Waals surface area contributed by atoms with Crippen LogP contribution in [0.1, 0.15) is 20.8 Å². The summed E-state index contributed by atoms with van der Waals surface area (Å²) in [6.07, 6.45) is 1.30. The van der Waals surface area contributed by atoms with Gasteiger partial charge in [0.2, 0.25) is 0 Å². The van der Waals surface area contributed by atoms with Gasteiger partial charge in [0.15, 0.2) is 0 Å². The second kappa shape index (κ2) is 11.0. The van der Waals surface area contributed by atoms with E-state index >= 15 is 0 Å². The molecule has 1 aromatic rings. The normalized spacial score (nSPS) is 14.8. The summed E-state index contributed by atoms with van der Waals surface area (Å²) < 4.78 is 0. The number of hydrogen-bond donors (Lipinski definition) is 4. The van der Waals surface area contributed by atoms with Gasteiger partial charge < -0.3 is 25.5 Å². The molecule has 26 heavy (non-hydrogen) atoms. The van der Waals surface area contributed by atoms with Crippen molar-refractivity contribution in [3.8, 4) is 0 Å². The summed E-state index contributed by atoms with van der Waals surface area (Å²) >= 11 is 0. The first kappa shape index (κ1) is 22.3. The maximum atomic E-state index is 12.4. The summed E-state index contributed by atoms with van der Waals surface area (Å²) in [6.45, 7) is 2.52. The number of halogens is 1. The van der Waals surface area contributed by atoms with Crippen molar-refractivity contribution in [1.82, 2.24) is 20.1 Å². The van der Waals surface area contributed by atoms with Crippen LogP contribution in [0.5, 0.6) is 0 Å². The van der Waals surface area contributed by atoms with Gasteiger partial charge in [-0.2, -0.15) is 0 Å². The summed E-state index contributed by atoms with van der Waals surface area (Å²) in [5.74, 6) is -0.670. The van der Waals surface area contributed by atoms with Crippen LogP contribution in [0.3, 0.4) is 0 Å². The molecule has 2 amide bonds. The minimum atomic E-state index is -0.732. The summed E-state index contributed by atoms with van der Waals surface area (Å²) in [6, 6.07) is 2.25. The number of hydrogen-bond acceptors (Lipinski definition) is 7. The smallest absolute Gasteiger partial charge is 0.272 e. The zero-order valence-electron chi connectivity index (χ0n) is 14.4. The summed E-state index contributed by atoms with van der Waals surface area (Å²) in [5.41, 5.74) is 0.504. The Labute approximate surface area is 158 Å². The molecule has 1 aliphatic heterocycles. The fourth-order valence-electron chi connectivity index (χ4n) is 2.55. The van der Waals surface area contributed by atoms with Crippen LogP contribution in [-0.2, 0) is 0 Å². The van der Waals surface area contributed by atoms with Crippen LogP contribution in [0.2, 0.25) is 0 Å². The molecular weight excluding hydrogens is 364 g/mol. The number of aromatic nitrogens is 1. The molecule has 10 heteroatoms. The number of nitrogens with one attached hydrogen (secondary N) is 1. The number of carbonyl (C=O) groups excluding carboxylic acids is 2. The third kappa shape index (κ3) is 5.89. The maximum Gasteiger partial charge on any atom is 0.272 e. The number of β-amino-alcohol motifs (C(OH)–C–C–N with tert-alkyl or cyclic N) is 1. The molecule has 1 fully saturated rings. The van der Waals surface area contributed by atoms with Crippen molar-refractivity contribution in [1.29, 1.82) is 0 Å². The molecule has 0 atom stereocenters. The zero-order chi connectivity index (χ0) is 18.2. The first-order chi connectivity index (χ1) is 12.1. The lowest BCUT2D eigenvalue weighted by molar-refractivity contribution is 0.0609. The van der Waals surface area contributed by atoms with Crippen LogP contribution < -0.4 is 5.32 Å². The second-order valence-corrected chi connectivity index (χ2v) is 5.83. The average molecular weight is 389 g/mol. The van der Waals surface area contributed by atoms with Crippen LogP contribution in [0.25, 0.3) is 0 Å². The molecule has 0 saturated carbocycles. The third-order valence-corrected chi connectivity index (χ3v) is 4.10. The van der Waals surface area contributed by atoms with E-state index in [0.29, 0.717) is 32.7 Å². The Morgan fingerprint density at radius 2 is 1.77 bits per heavy atom. The van der Waals surface area contributed by atoms with Gasteiger partial charge in [0, 0.05) is 38.9 Å². The van der Waals surface area contributed by atoms with Gasteiger partial charge in [-0.25, -0.2) is 0 Å². The van der Waals surface area contributed by atoms with Crippen LogP contribution in [0, 0.1) is 0 Å². The Morgan fingerprint density at radius 1 is 1.12 bits per heavy atom. The maximum absolute atomic E-state index is 12.4. The second-order valence-electron chi connectivity index (χ2n) is 5.83. The van der Waals surface area contributed by atoms with Crippen molar-refractivity contribution >= 4 is 24.2 Å². The van der Waals surface area contributed by atoms with E-state index in [0.717, 1.165) is 0 Å². The molecule has 0 aliphatic carbocycles. The standard InChI is InChI=1S/C16H24N4O5.ClH/c21-8-7-19-3-5-20(6-4-19)16(25)14-2-1-12(9-17-14)15(24)18-13(10-22)11-23;/h1-2,9,13,21-23H,3-8,10-11H2,(H,18,24);1H. The predicted molar refractivity (Wildman–Crippen MR) is 96.3 cm³/mol. The quantitative estimate of drug-likeness (QED) is 0.440. The molecule has 146 valence electrons. The largest absolute Gasteiger partial charge is 0.395 e. The zero-order valence-corrected chi connectivity index (χ0v) is 15.2. The highest BCUT2D eigenvalue weighted by atomic mass is 35.5. The van der Waals surface area contributed by atoms with Crippen molar-refractivity contribution in [2.75, 3.05) is 52.5 Å². The van der Waals surface area contributed by atoms with Crippen molar-refractivity contribution in [3.05, 3.63) is 29.6 Å². The number of nitrogens with zero attached hydrogens (tertiary/aromatic N) is 3. The molecule has 0 aromatic carbocycles. The Morgan fingerprint density at radius 3 is 2.27 bits per heavy atom. The number of aliphatic hydroxyl groups excluding tert-OH is 3. The first-order valence-corrected chi connectivity index (χ1v) is 8.20. The Balaban J connectivity index is 0.00000338. The lowest BCUT2D eigenvalue weighted by atomic mass is 10.2. The monoisotopic (exact) mass is 388 g/mol. The van der Waals surface area contributed by atoms with E-state index in [1.165, 1.54) is 18.3 Å². The fourth-order valence-corrected chi connectivity index (χ4v) is 2.55. The van der Waals surface area contributed by atoms with Crippen molar-refractivity contribution in [3.63, 3.8) is 0 Å². The number of aliphatic hydroxyl groups is 3. The van der Waals surface area contributed by atoms with Crippen molar-refractivity contribution < 1.29 is 24.9 Å². The van der Waals surface area contributed by atoms with E-state index in [9.17, 15) is 9.59 Å². The molecule has 9 nitrogen and oxygen atoms in total. The van der Waals surface area contributed by atoms with Gasteiger partial charge >= 0.3 is 0 Å². The summed E-state index contributed by atoms with van der Waals surface area (Å²) in [5, 5.41) is 29.4. The number of rotatable bonds is 7. The topological polar surface area (TPSA) is 126 Å². The molecule has 0 bridgehead atoms. The van der Waals surface area contributed by atoms with Crippen LogP contribution >= 0.6 is 12.4 Å². The van der Waals surface area contributed by atoms with Crippen LogP contribution in [-0.4, -0.2) is 101 Å². The molecule has 1 aliphatic rings. The minimum Gasteiger partial charge on any atom is -0.395 e. The van der Waals surface area contributed by atoms with Gasteiger partial charge in [0.05, 0.1) is 31.4 Å². The molecule has 0 radical (unpaired) electrons. The Bertz CT molecular complexity index is 575. The van der Waals surface area contributed by atoms with Crippen LogP contribution in [0.15, 0.2) is 18.3 Å². The number of carbonyl (C=O) groups is 2. The average Bonchev–Trinajstić information content (AvgIpc) is 2.66. The van der Waals surface area contributed by atoms with E-state index in [4.69, 9.17) is 15.3 Å². The molecule has 2 heterocycles. The van der Waals surface area contributed by atoms with Crippen molar-refractivity contribution in [2.45, 2.75) is 6.04 Å². The lowest BCUT2D eigenvalue weighted by Gasteiger charge is -2.34. The van der Waals surface area contributed by atoms with Gasteiger partial charge in [-0.15, -0.1) is 12.4 Å². The molecule has 2 rings (SSSR count). The lowest BCUT2D eigenvalue weighted by Crippen LogP contribution is -2.49. The highest BCUT2D eigenvalue weighted by Crippen LogP contribution is 2.08. The van der Waals surface area contributed by atoms with Gasteiger partial charge in [0.1, 0.15) is 5.69 Å². The van der Waals surface area contributed by atoms with Gasteiger partial charge in [-0.1, -0.05) is 0 Å². The van der Waals surface area contributed by atoms with Gasteiger partial charge in [-0.3, -0.25) is 19.5 Å². The molecule has 4 N–H and O–H groups in total. The van der Waals surface area contributed by atoms with E-state index < -0.39 is 11.9 Å². The number of pyridine rings is 1. The number of amides is 2. The van der Waals surface area contributed by atoms with E-state index in [1.807, 2.05) is 0 Å². The van der Waals surface area contributed by atoms with E-state index in [1.54, 1.807) is 4.90 Å². The third-order valence-electron chi connectivity index (χ3n) is 4.10. The number of piperazine rings is 1. The summed E-state index contributed by atoms with van der Waals surface area (Å²) in [4.78, 5) is 32.2. The molecule has 1 aromatic heterocycles. The predicted octanol–water partition coefficient (Wildman–Crippen LogP) is -1.66. The van der Waals surface area contributed by atoms with E-state index in [-0.39, 0.29) is 49.4 Å². The first-order valence-electron chi connectivity index (χ1n) is 8.20. The Hall–Kier alpha value is -1.78. The van der Waals surface area contributed by atoms with Gasteiger partial charge in [-0.05, 0) is 12.1 Å². The minimum absolute atomic E-state index is 0. The summed E-state index contributed by atoms with van der Waals surface area (Å²) in [7, 11) is 0. The Kier molecular flexibility index (Phi) is 9.46. The molecule has 0 unspecified atom stereocenters. The van der Waals surface area contributed by atoms with Crippen molar-refractivity contribution in [2.24, 2.45) is 0 Å². The highest BCUT2D eigenvalue weighted by molar-refractivity contribution is 5.96. The van der Waals surface area contributed by atoms with Gasteiger partial charge in [0.25, 0.3) is 11.8 Å². The SMILES string of the molecule is Cl.O=C(NC(CO)CO)c1ccc(C(=O)N2CCN(CCO)CC2)nc1. The fraction of sp³-hybridized carbons (Fsp3) is 0.562. The highest BCUT2D eigenvalue weighted by Gasteiger charge is 2.23. The molecule has 1 saturated heterocycles. The van der Waals surface area contributed by atoms with Crippen LogP contribution in [0.4, 0.5) is 0 Å². The van der Waals surface area contributed by atoms with E-state index in [2.05, 4.69) is 15.2 Å². The molecule has 0 spiro atoms. The molecular formula is C16H25ClN4O5.